The fraction of sp³-hybridized carbons (Fsp3) is 0.143. The fourth-order valence-electron chi connectivity index (χ4n) is 0.808. The van der Waals surface area contributed by atoms with Crippen molar-refractivity contribution in [1.82, 2.24) is 0 Å². The van der Waals surface area contributed by atoms with E-state index in [9.17, 15) is 8.42 Å². The third-order valence-corrected chi connectivity index (χ3v) is 2.57. The van der Waals surface area contributed by atoms with E-state index in [-0.39, 0.29) is 9.92 Å². The van der Waals surface area contributed by atoms with Crippen LogP contribution in [0.3, 0.4) is 0 Å². The van der Waals surface area contributed by atoms with Gasteiger partial charge in [0.25, 0.3) is 10.1 Å². The minimum absolute atomic E-state index is 0.137. The Morgan fingerprint density at radius 1 is 1.40 bits per heavy atom. The van der Waals surface area contributed by atoms with Crippen LogP contribution in [0.5, 0.6) is 5.75 Å². The number of hydrogen-bond acceptors (Lipinski definition) is 5. The highest BCUT2D eigenvalue weighted by atomic mass is 35.5. The van der Waals surface area contributed by atoms with Gasteiger partial charge in [0.05, 0.1) is 17.0 Å². The van der Waals surface area contributed by atoms with Gasteiger partial charge in [0, 0.05) is 10.8 Å². The van der Waals surface area contributed by atoms with Gasteiger partial charge < -0.3 is 4.74 Å². The molecule has 0 spiro atoms. The summed E-state index contributed by atoms with van der Waals surface area (Å²) in [6.45, 7) is 0. The molecule has 15 heavy (non-hydrogen) atoms. The van der Waals surface area contributed by atoms with Crippen molar-refractivity contribution in [2.45, 2.75) is 4.90 Å². The molecule has 0 unspecified atom stereocenters. The highest BCUT2D eigenvalue weighted by Gasteiger charge is 2.11. The number of ether oxygens (including phenoxy) is 1. The van der Waals surface area contributed by atoms with Gasteiger partial charge in [-0.15, -0.1) is 0 Å². The van der Waals surface area contributed by atoms with E-state index in [4.69, 9.17) is 31.7 Å². The molecule has 0 fully saturated rings. The zero-order valence-corrected chi connectivity index (χ0v) is 9.16. The Labute approximate surface area is 91.6 Å². The van der Waals surface area contributed by atoms with E-state index in [1.165, 1.54) is 19.2 Å². The van der Waals surface area contributed by atoms with Crippen LogP contribution in [0, 0.1) is 10.8 Å². The summed E-state index contributed by atoms with van der Waals surface area (Å²) in [6.07, 6.45) is 0. The first-order valence-electron chi connectivity index (χ1n) is 3.46. The van der Waals surface area contributed by atoms with Crippen molar-refractivity contribution < 1.29 is 17.7 Å². The molecule has 1 aromatic rings. The van der Waals surface area contributed by atoms with Crippen LogP contribution in [-0.4, -0.2) is 20.1 Å². The summed E-state index contributed by atoms with van der Waals surface area (Å²) in [5.41, 5.74) is 0. The van der Waals surface area contributed by atoms with E-state index in [0.29, 0.717) is 5.75 Å². The van der Waals surface area contributed by atoms with Crippen LogP contribution in [-0.2, 0) is 10.1 Å². The number of hydrogen-bond donors (Lipinski definition) is 1. The molecule has 0 saturated carbocycles. The van der Waals surface area contributed by atoms with E-state index in [0.717, 1.165) is 6.07 Å². The number of rotatable bonds is 2. The predicted octanol–water partition coefficient (Wildman–Crippen LogP) is 1.63. The zero-order valence-electron chi connectivity index (χ0n) is 7.58. The van der Waals surface area contributed by atoms with Crippen molar-refractivity contribution in [1.29, 1.82) is 10.8 Å². The van der Waals surface area contributed by atoms with Gasteiger partial charge in [-0.25, -0.2) is 0 Å². The summed E-state index contributed by atoms with van der Waals surface area (Å²) >= 11 is 5.64. The van der Waals surface area contributed by atoms with Gasteiger partial charge in [-0.05, 0) is 18.2 Å². The van der Waals surface area contributed by atoms with Crippen molar-refractivity contribution in [3.8, 4) is 5.75 Å². The molecule has 82 valence electrons. The summed E-state index contributed by atoms with van der Waals surface area (Å²) in [5.74, 6) is 0.356. The lowest BCUT2D eigenvalue weighted by Gasteiger charge is -2.03. The van der Waals surface area contributed by atoms with Gasteiger partial charge in [0.15, 0.2) is 0 Å². The maximum Gasteiger partial charge on any atom is 0.294 e. The van der Waals surface area contributed by atoms with E-state index in [2.05, 4.69) is 0 Å². The monoisotopic (exact) mass is 250 g/mol. The second-order valence-corrected chi connectivity index (χ2v) is 4.10. The second kappa shape index (κ2) is 5.50. The topological polar surface area (TPSA) is 111 Å². The number of methoxy groups -OCH3 is 1. The van der Waals surface area contributed by atoms with Crippen LogP contribution < -0.4 is 4.74 Å². The molecule has 0 radical (unpaired) electrons. The molecule has 0 bridgehead atoms. The number of halogens is 1. The summed E-state index contributed by atoms with van der Waals surface area (Å²) in [6, 6.07) is 3.70. The molecule has 0 atom stereocenters. The minimum Gasteiger partial charge on any atom is -0.495 e. The molecule has 0 amide bonds. The molecule has 6 nitrogen and oxygen atoms in total. The average molecular weight is 251 g/mol. The summed E-state index contributed by atoms with van der Waals surface area (Å²) in [5, 5.41) is 12.1. The maximum absolute atomic E-state index is 10.6. The SMILES string of the molecule is COc1ccc(S(=O)(=O)O)cc1Cl.N#N. The van der Waals surface area contributed by atoms with Gasteiger partial charge >= 0.3 is 0 Å². The standard InChI is InChI=1S/C7H7ClO4S.N2/c1-12-7-3-2-5(4-6(7)8)13(9,10)11;1-2/h2-4H,1H3,(H,9,10,11);. The Morgan fingerprint density at radius 3 is 2.27 bits per heavy atom. The molecule has 0 aliphatic rings. The molecule has 1 N–H and O–H groups in total. The van der Waals surface area contributed by atoms with Crippen LogP contribution in [0.2, 0.25) is 5.02 Å². The van der Waals surface area contributed by atoms with Crippen LogP contribution >= 0.6 is 11.6 Å². The quantitative estimate of drug-likeness (QED) is 0.631. The summed E-state index contributed by atoms with van der Waals surface area (Å²) in [7, 11) is -2.78. The highest BCUT2D eigenvalue weighted by Crippen LogP contribution is 2.26. The Bertz CT molecular complexity index is 457. The average Bonchev–Trinajstić information content (AvgIpc) is 2.19. The molecule has 0 heterocycles. The van der Waals surface area contributed by atoms with Crippen molar-refractivity contribution in [3.63, 3.8) is 0 Å². The molecule has 0 aliphatic heterocycles. The van der Waals surface area contributed by atoms with Gasteiger partial charge in [0.1, 0.15) is 5.75 Å². The third kappa shape index (κ3) is 3.71. The van der Waals surface area contributed by atoms with E-state index >= 15 is 0 Å². The fourth-order valence-corrected chi connectivity index (χ4v) is 1.64. The largest absolute Gasteiger partial charge is 0.495 e. The van der Waals surface area contributed by atoms with Crippen LogP contribution in [0.15, 0.2) is 23.1 Å². The lowest BCUT2D eigenvalue weighted by atomic mass is 10.3. The Balaban J connectivity index is 0.000000921. The van der Waals surface area contributed by atoms with Crippen molar-refractivity contribution in [2.24, 2.45) is 0 Å². The smallest absolute Gasteiger partial charge is 0.294 e. The van der Waals surface area contributed by atoms with Crippen molar-refractivity contribution in [2.75, 3.05) is 7.11 Å². The molecule has 8 heteroatoms. The zero-order chi connectivity index (χ0) is 12.1. The van der Waals surface area contributed by atoms with Crippen LogP contribution in [0.25, 0.3) is 0 Å². The second-order valence-electron chi connectivity index (χ2n) is 2.27. The first-order chi connectivity index (χ1) is 6.95. The molecular weight excluding hydrogens is 244 g/mol. The van der Waals surface area contributed by atoms with Gasteiger partial charge in [-0.1, -0.05) is 11.6 Å². The van der Waals surface area contributed by atoms with Crippen LogP contribution in [0.4, 0.5) is 0 Å². The normalized spacial score (nSPS) is 9.93. The van der Waals surface area contributed by atoms with E-state index < -0.39 is 10.1 Å². The van der Waals surface area contributed by atoms with Gasteiger partial charge in [-0.2, -0.15) is 8.42 Å². The minimum atomic E-state index is -4.19. The first kappa shape index (κ1) is 13.6. The van der Waals surface area contributed by atoms with Crippen molar-refractivity contribution >= 4 is 21.7 Å². The molecular formula is C7H7ClN2O4S. The predicted molar refractivity (Wildman–Crippen MR) is 51.3 cm³/mol. The lowest BCUT2D eigenvalue weighted by Crippen LogP contribution is -1.98. The van der Waals surface area contributed by atoms with E-state index in [1.54, 1.807) is 0 Å². The van der Waals surface area contributed by atoms with E-state index in [1.807, 2.05) is 0 Å². The molecule has 0 aliphatic carbocycles. The Morgan fingerprint density at radius 2 is 1.93 bits per heavy atom. The molecule has 0 aromatic heterocycles. The molecule has 0 saturated heterocycles. The Hall–Kier alpha value is -1.36. The summed E-state index contributed by atoms with van der Waals surface area (Å²) < 4.78 is 34.7. The lowest BCUT2D eigenvalue weighted by molar-refractivity contribution is 0.414. The first-order valence-corrected chi connectivity index (χ1v) is 5.28. The van der Waals surface area contributed by atoms with Gasteiger partial charge in [0.2, 0.25) is 0 Å². The maximum atomic E-state index is 10.6. The Kier molecular flexibility index (Phi) is 5.00. The van der Waals surface area contributed by atoms with Crippen LogP contribution in [0.1, 0.15) is 0 Å². The summed E-state index contributed by atoms with van der Waals surface area (Å²) in [4.78, 5) is -0.252. The molecule has 1 aromatic carbocycles. The highest BCUT2D eigenvalue weighted by molar-refractivity contribution is 7.85. The number of benzene rings is 1. The third-order valence-electron chi connectivity index (χ3n) is 1.42. The van der Waals surface area contributed by atoms with Gasteiger partial charge in [-0.3, -0.25) is 4.55 Å². The van der Waals surface area contributed by atoms with Crippen molar-refractivity contribution in [3.05, 3.63) is 23.2 Å². The molecule has 1 rings (SSSR count). The number of nitrogens with zero attached hydrogens (tertiary/aromatic N) is 2.